The molecule has 4 aliphatic carbocycles. The molecule has 1 fully saturated rings. The summed E-state index contributed by atoms with van der Waals surface area (Å²) in [4.78, 5) is 26.0. The lowest BCUT2D eigenvalue weighted by atomic mass is 9.53. The zero-order chi connectivity index (χ0) is 43.6. The fraction of sp³-hybridized carbons (Fsp3) is 0.527. The van der Waals surface area contributed by atoms with E-state index in [-0.39, 0.29) is 29.6 Å². The highest BCUT2D eigenvalue weighted by atomic mass is 16.5. The van der Waals surface area contributed by atoms with E-state index in [1.807, 2.05) is 24.3 Å². The molecule has 9 atom stereocenters. The van der Waals surface area contributed by atoms with Crippen LogP contribution in [0.5, 0.6) is 5.75 Å². The number of aliphatic carboxylic acids is 1. The Morgan fingerprint density at radius 3 is 2.45 bits per heavy atom. The van der Waals surface area contributed by atoms with Gasteiger partial charge in [0.25, 0.3) is 0 Å². The van der Waals surface area contributed by atoms with Crippen molar-refractivity contribution in [3.63, 3.8) is 0 Å². The Hall–Kier alpha value is -4.30. The highest BCUT2D eigenvalue weighted by molar-refractivity contribution is 5.74. The van der Waals surface area contributed by atoms with Crippen LogP contribution in [0.15, 0.2) is 90.5 Å². The number of carbonyl (C=O) groups is 2. The van der Waals surface area contributed by atoms with E-state index in [2.05, 4.69) is 79.7 Å². The second-order valence-corrected chi connectivity index (χ2v) is 19.3. The third kappa shape index (κ3) is 10.5. The van der Waals surface area contributed by atoms with Crippen LogP contribution in [0.3, 0.4) is 0 Å². The molecule has 7 heteroatoms. The van der Waals surface area contributed by atoms with E-state index >= 15 is 0 Å². The van der Waals surface area contributed by atoms with Crippen LogP contribution in [-0.2, 0) is 27.8 Å². The largest absolute Gasteiger partial charge is 0.508 e. The number of carbonyl (C=O) groups excluding carboxylic acids is 1. The second kappa shape index (κ2) is 21.4. The van der Waals surface area contributed by atoms with Gasteiger partial charge in [-0.3, -0.25) is 4.79 Å². The predicted octanol–water partition coefficient (Wildman–Crippen LogP) is 9.03. The molecule has 332 valence electrons. The molecule has 0 heterocycles. The average Bonchev–Trinajstić information content (AvgIpc) is 3.73. The Balaban J connectivity index is 1.22. The highest BCUT2D eigenvalue weighted by Gasteiger charge is 2.53. The summed E-state index contributed by atoms with van der Waals surface area (Å²) in [6, 6.07) is 23.2. The number of carboxylic acid groups (broad SMARTS) is 1. The second-order valence-electron chi connectivity index (χ2n) is 19.3. The number of aldehydes is 1. The molecule has 1 spiro atoms. The standard InChI is InChI=1S/C55H71NO6/c1-2-3-5-16-45-34-44(23-24-51(45)58)50-31-38-12-10-19-48(30-38)55(27-25-43-32-40-14-8-9-15-41(40)33-47(43)35-55)52(54(61)62)49(53(59)60)20-11-18-39(50)13-6-4-7-17-46(36-57)42-22-21-37(29-42)26-28-56/h8-12,14-15,19-20,23-24,29-30,32-34,36,39,42-43,46-47,49-50,52-53,58-60H,2-7,13,16-18,21-22,25-28,31,35,56H2,1H3,(H,61,62)/b20-11-/t39-,42+,43-,46-,47-,49-,50+,52-,55-/m1/s1. The van der Waals surface area contributed by atoms with Gasteiger partial charge in [0.15, 0.2) is 6.29 Å². The van der Waals surface area contributed by atoms with E-state index in [1.165, 1.54) is 21.6 Å². The summed E-state index contributed by atoms with van der Waals surface area (Å²) >= 11 is 0. The number of rotatable bonds is 17. The van der Waals surface area contributed by atoms with Crippen molar-refractivity contribution >= 4 is 24.4 Å². The number of carboxylic acids is 1. The van der Waals surface area contributed by atoms with Crippen molar-refractivity contribution < 1.29 is 30.0 Å². The number of hydrogen-bond acceptors (Lipinski definition) is 6. The molecular formula is C55H71NO6. The summed E-state index contributed by atoms with van der Waals surface area (Å²) in [6.45, 7) is 2.84. The number of unbranched alkanes of at least 4 members (excludes halogenated alkanes) is 4. The van der Waals surface area contributed by atoms with Gasteiger partial charge in [-0.1, -0.05) is 136 Å². The smallest absolute Gasteiger partial charge is 0.308 e. The van der Waals surface area contributed by atoms with Gasteiger partial charge in [-0.25, -0.2) is 0 Å². The van der Waals surface area contributed by atoms with Crippen LogP contribution in [0.2, 0.25) is 0 Å². The van der Waals surface area contributed by atoms with Gasteiger partial charge >= 0.3 is 5.97 Å². The number of nitrogens with two attached hydrogens (primary N) is 1. The molecular weight excluding hydrogens is 771 g/mol. The molecule has 6 N–H and O–H groups in total. The first-order valence-electron chi connectivity index (χ1n) is 23.9. The van der Waals surface area contributed by atoms with E-state index in [4.69, 9.17) is 5.73 Å². The number of phenols is 1. The summed E-state index contributed by atoms with van der Waals surface area (Å²) < 4.78 is 0. The molecule has 7 nitrogen and oxygen atoms in total. The minimum atomic E-state index is -1.85. The molecule has 0 saturated heterocycles. The normalized spacial score (nSPS) is 28.0. The van der Waals surface area contributed by atoms with Crippen LogP contribution in [-0.4, -0.2) is 45.5 Å². The fourth-order valence-corrected chi connectivity index (χ4v) is 12.1. The van der Waals surface area contributed by atoms with Gasteiger partial charge in [0.05, 0.1) is 5.92 Å². The lowest BCUT2D eigenvalue weighted by Crippen LogP contribution is -2.51. The van der Waals surface area contributed by atoms with Crippen LogP contribution in [0.1, 0.15) is 131 Å². The predicted molar refractivity (Wildman–Crippen MR) is 249 cm³/mol. The summed E-state index contributed by atoms with van der Waals surface area (Å²) in [6.07, 6.45) is 25.4. The van der Waals surface area contributed by atoms with Gasteiger partial charge in [0.2, 0.25) is 0 Å². The number of aromatic hydroxyl groups is 1. The first kappa shape index (κ1) is 45.7. The lowest BCUT2D eigenvalue weighted by Gasteiger charge is -2.49. The van der Waals surface area contributed by atoms with Crippen molar-refractivity contribution in [1.29, 1.82) is 0 Å². The maximum atomic E-state index is 13.7. The van der Waals surface area contributed by atoms with Crippen LogP contribution >= 0.6 is 0 Å². The monoisotopic (exact) mass is 842 g/mol. The van der Waals surface area contributed by atoms with Crippen molar-refractivity contribution in [1.82, 2.24) is 0 Å². The number of aryl methyl sites for hydroxylation is 1. The fourth-order valence-electron chi connectivity index (χ4n) is 12.1. The summed E-state index contributed by atoms with van der Waals surface area (Å²) in [5.74, 6) is -1.73. The number of phenolic OH excluding ortho intramolecular Hbond substituents is 1. The molecule has 0 aromatic heterocycles. The van der Waals surface area contributed by atoms with E-state index in [0.29, 0.717) is 37.5 Å². The van der Waals surface area contributed by atoms with Gasteiger partial charge < -0.3 is 31.0 Å². The zero-order valence-corrected chi connectivity index (χ0v) is 36.9. The zero-order valence-electron chi connectivity index (χ0n) is 36.9. The maximum Gasteiger partial charge on any atom is 0.308 e. The van der Waals surface area contributed by atoms with Crippen molar-refractivity contribution in [2.45, 2.75) is 134 Å². The van der Waals surface area contributed by atoms with E-state index in [0.717, 1.165) is 113 Å². The van der Waals surface area contributed by atoms with Gasteiger partial charge in [-0.05, 0) is 152 Å². The molecule has 0 radical (unpaired) electrons. The number of benzene rings is 3. The van der Waals surface area contributed by atoms with Crippen molar-refractivity contribution in [2.75, 3.05) is 6.54 Å². The Morgan fingerprint density at radius 2 is 1.71 bits per heavy atom. The Bertz CT molecular complexity index is 2170. The molecule has 7 rings (SSSR count). The first-order chi connectivity index (χ1) is 30.1. The van der Waals surface area contributed by atoms with Crippen molar-refractivity contribution in [3.8, 4) is 5.75 Å². The maximum absolute atomic E-state index is 13.7. The van der Waals surface area contributed by atoms with E-state index < -0.39 is 29.5 Å². The summed E-state index contributed by atoms with van der Waals surface area (Å²) in [7, 11) is 0. The van der Waals surface area contributed by atoms with Gasteiger partial charge in [-0.2, -0.15) is 0 Å². The number of allylic oxidation sites excluding steroid dienone is 2. The third-order valence-electron chi connectivity index (χ3n) is 15.4. The third-order valence-corrected chi connectivity index (χ3v) is 15.4. The number of fused-ring (bicyclic) bond motifs is 5. The van der Waals surface area contributed by atoms with Crippen LogP contribution in [0.25, 0.3) is 12.2 Å². The lowest BCUT2D eigenvalue weighted by molar-refractivity contribution is -0.158. The SMILES string of the molecule is CCCCCc1cc([C@H]2Cc3cccc(c3)[C@]3(CC[C@@H]4C=c5ccccc5=C[C@@H]4C3)[C@@H](C(=O)O)[C@H](C(O)O)/C=C\C[C@H]2CCCCC[C@H](C=O)[C@@H]2C=C(CCN)CC2)ccc1O. The van der Waals surface area contributed by atoms with Crippen LogP contribution in [0.4, 0.5) is 0 Å². The van der Waals surface area contributed by atoms with Gasteiger partial charge in [-0.15, -0.1) is 0 Å². The van der Waals surface area contributed by atoms with Gasteiger partial charge in [0.1, 0.15) is 12.0 Å². The number of hydrogen-bond donors (Lipinski definition) is 5. The van der Waals surface area contributed by atoms with Crippen molar-refractivity contribution in [3.05, 3.63) is 123 Å². The molecule has 62 heavy (non-hydrogen) atoms. The molecule has 4 aliphatic rings. The highest BCUT2D eigenvalue weighted by Crippen LogP contribution is 2.54. The molecule has 2 bridgehead atoms. The first-order valence-corrected chi connectivity index (χ1v) is 23.9. The minimum absolute atomic E-state index is 0.0324. The Morgan fingerprint density at radius 1 is 0.903 bits per heavy atom. The van der Waals surface area contributed by atoms with E-state index in [9.17, 15) is 30.0 Å². The molecule has 1 saturated carbocycles. The quantitative estimate of drug-likeness (QED) is 0.0396. The molecule has 3 aromatic carbocycles. The minimum Gasteiger partial charge on any atom is -0.508 e. The van der Waals surface area contributed by atoms with Crippen molar-refractivity contribution in [2.24, 2.45) is 47.2 Å². The van der Waals surface area contributed by atoms with Crippen LogP contribution in [0, 0.1) is 41.4 Å². The Kier molecular flexibility index (Phi) is 15.8. The molecule has 0 aliphatic heterocycles. The topological polar surface area (TPSA) is 141 Å². The average molecular weight is 842 g/mol. The van der Waals surface area contributed by atoms with Crippen LogP contribution < -0.4 is 16.2 Å². The summed E-state index contributed by atoms with van der Waals surface area (Å²) in [5, 5.41) is 47.0. The van der Waals surface area contributed by atoms with E-state index in [1.54, 1.807) is 0 Å². The summed E-state index contributed by atoms with van der Waals surface area (Å²) in [5.41, 5.74) is 10.6. The van der Waals surface area contributed by atoms with Gasteiger partial charge in [0, 0.05) is 17.3 Å². The molecule has 0 amide bonds. The Labute approximate surface area is 369 Å². The molecule has 0 unspecified atom stereocenters. The number of aliphatic hydroxyl groups excluding tert-OH is 1. The number of aliphatic hydroxyl groups is 2. The molecule has 3 aromatic rings.